The molecule has 0 unspecified atom stereocenters. The zero-order chi connectivity index (χ0) is 16.6. The van der Waals surface area contributed by atoms with Crippen molar-refractivity contribution >= 4 is 6.03 Å². The summed E-state index contributed by atoms with van der Waals surface area (Å²) in [7, 11) is 0. The summed E-state index contributed by atoms with van der Waals surface area (Å²) in [4.78, 5) is 13.5. The lowest BCUT2D eigenvalue weighted by molar-refractivity contribution is -0.125. The van der Waals surface area contributed by atoms with Gasteiger partial charge in [0.2, 0.25) is 0 Å². The molecule has 0 bridgehead atoms. The van der Waals surface area contributed by atoms with Crippen LogP contribution in [0.5, 0.6) is 0 Å². The van der Waals surface area contributed by atoms with Gasteiger partial charge in [-0.15, -0.1) is 0 Å². The summed E-state index contributed by atoms with van der Waals surface area (Å²) in [6, 6.07) is 9.15. The normalized spacial score (nSPS) is 12.1. The van der Waals surface area contributed by atoms with Crippen LogP contribution in [0.25, 0.3) is 0 Å². The summed E-state index contributed by atoms with van der Waals surface area (Å²) in [5.41, 5.74) is 1.49. The van der Waals surface area contributed by atoms with E-state index in [-0.39, 0.29) is 12.6 Å². The highest BCUT2D eigenvalue weighted by atomic mass is 19.4. The monoisotopic (exact) mass is 314 g/mol. The average molecular weight is 314 g/mol. The third kappa shape index (κ3) is 7.15. The van der Waals surface area contributed by atoms with Gasteiger partial charge in [-0.3, -0.25) is 0 Å². The smallest absolute Gasteiger partial charge is 0.334 e. The number of amides is 2. The van der Waals surface area contributed by atoms with Crippen molar-refractivity contribution in [1.29, 1.82) is 0 Å². The first-order valence-corrected chi connectivity index (χ1v) is 7.11. The van der Waals surface area contributed by atoms with Crippen LogP contribution in [0.15, 0.2) is 42.0 Å². The van der Waals surface area contributed by atoms with Gasteiger partial charge in [-0.05, 0) is 19.4 Å². The number of urea groups is 1. The Hall–Kier alpha value is -1.98. The van der Waals surface area contributed by atoms with Gasteiger partial charge in [0, 0.05) is 19.6 Å². The minimum absolute atomic E-state index is 0.188. The summed E-state index contributed by atoms with van der Waals surface area (Å²) in [5.74, 6) is 0. The summed E-state index contributed by atoms with van der Waals surface area (Å²) in [6.45, 7) is 4.39. The summed E-state index contributed by atoms with van der Waals surface area (Å²) >= 11 is 0. The number of likely N-dealkylation sites (N-methyl/N-ethyl adjacent to an activating group) is 1. The van der Waals surface area contributed by atoms with Gasteiger partial charge in [-0.1, -0.05) is 42.0 Å². The number of halogens is 3. The van der Waals surface area contributed by atoms with E-state index >= 15 is 0 Å². The molecule has 6 heteroatoms. The lowest BCUT2D eigenvalue weighted by Gasteiger charge is -2.22. The number of hydrogen-bond acceptors (Lipinski definition) is 1. The Bertz CT molecular complexity index is 498. The van der Waals surface area contributed by atoms with Crippen LogP contribution in [-0.2, 0) is 6.54 Å². The van der Waals surface area contributed by atoms with Crippen LogP contribution < -0.4 is 5.32 Å². The predicted molar refractivity (Wildman–Crippen MR) is 80.4 cm³/mol. The molecule has 22 heavy (non-hydrogen) atoms. The van der Waals surface area contributed by atoms with E-state index in [2.05, 4.69) is 5.32 Å². The molecule has 0 radical (unpaired) electrons. The Balaban J connectivity index is 2.50. The van der Waals surface area contributed by atoms with Gasteiger partial charge < -0.3 is 10.2 Å². The lowest BCUT2D eigenvalue weighted by atomic mass is 10.2. The molecule has 1 N–H and O–H groups in total. The van der Waals surface area contributed by atoms with Crippen molar-refractivity contribution in [3.05, 3.63) is 47.5 Å². The van der Waals surface area contributed by atoms with Crippen molar-refractivity contribution in [3.63, 3.8) is 0 Å². The predicted octanol–water partition coefficient (Wildman–Crippen LogP) is 4.12. The van der Waals surface area contributed by atoms with Crippen molar-refractivity contribution < 1.29 is 18.0 Å². The Morgan fingerprint density at radius 3 is 2.45 bits per heavy atom. The maximum Gasteiger partial charge on any atom is 0.392 e. The fraction of sp³-hybridized carbons (Fsp3) is 0.438. The third-order valence-electron chi connectivity index (χ3n) is 3.08. The second-order valence-corrected chi connectivity index (χ2v) is 5.03. The number of benzene rings is 1. The Morgan fingerprint density at radius 2 is 1.91 bits per heavy atom. The minimum Gasteiger partial charge on any atom is -0.334 e. The van der Waals surface area contributed by atoms with Crippen molar-refractivity contribution in [2.45, 2.75) is 33.0 Å². The zero-order valence-electron chi connectivity index (χ0n) is 12.8. The van der Waals surface area contributed by atoms with E-state index in [4.69, 9.17) is 0 Å². The second kappa shape index (κ2) is 8.46. The first-order valence-electron chi connectivity index (χ1n) is 7.11. The number of carbonyl (C=O) groups excluding carboxylic acids is 1. The van der Waals surface area contributed by atoms with Crippen molar-refractivity contribution in [1.82, 2.24) is 10.2 Å². The first-order chi connectivity index (χ1) is 10.3. The van der Waals surface area contributed by atoms with E-state index in [1.807, 2.05) is 30.3 Å². The molecule has 3 nitrogen and oxygen atoms in total. The van der Waals surface area contributed by atoms with Crippen molar-refractivity contribution in [2.75, 3.05) is 13.1 Å². The van der Waals surface area contributed by atoms with E-state index in [9.17, 15) is 18.0 Å². The highest BCUT2D eigenvalue weighted by Gasteiger charge is 2.25. The molecule has 0 aromatic heterocycles. The van der Waals surface area contributed by atoms with E-state index in [1.54, 1.807) is 13.8 Å². The molecule has 122 valence electrons. The van der Waals surface area contributed by atoms with Crippen LogP contribution in [0.4, 0.5) is 18.0 Å². The molecule has 0 fully saturated rings. The minimum atomic E-state index is -4.21. The van der Waals surface area contributed by atoms with Gasteiger partial charge in [0.25, 0.3) is 0 Å². The molecule has 0 heterocycles. The van der Waals surface area contributed by atoms with E-state index in [0.717, 1.165) is 11.6 Å². The highest BCUT2D eigenvalue weighted by Crippen LogP contribution is 2.20. The first kappa shape index (κ1) is 18.1. The van der Waals surface area contributed by atoms with Crippen molar-refractivity contribution in [2.24, 2.45) is 0 Å². The van der Waals surface area contributed by atoms with Crippen LogP contribution in [0.1, 0.15) is 25.8 Å². The maximum absolute atomic E-state index is 12.2. The number of rotatable bonds is 6. The van der Waals surface area contributed by atoms with Crippen molar-refractivity contribution in [3.8, 4) is 0 Å². The largest absolute Gasteiger partial charge is 0.392 e. The topological polar surface area (TPSA) is 32.3 Å². The number of alkyl halides is 3. The van der Waals surface area contributed by atoms with E-state index in [0.29, 0.717) is 18.7 Å². The second-order valence-electron chi connectivity index (χ2n) is 5.03. The molecule has 0 spiro atoms. The van der Waals surface area contributed by atoms with Gasteiger partial charge in [-0.25, -0.2) is 4.79 Å². The lowest BCUT2D eigenvalue weighted by Crippen LogP contribution is -2.40. The van der Waals surface area contributed by atoms with Crippen LogP contribution in [-0.4, -0.2) is 30.2 Å². The van der Waals surface area contributed by atoms with E-state index in [1.165, 1.54) is 4.90 Å². The number of nitrogens with one attached hydrogen (secondary N) is 1. The van der Waals surface area contributed by atoms with Crippen LogP contribution >= 0.6 is 0 Å². The van der Waals surface area contributed by atoms with Gasteiger partial charge >= 0.3 is 12.2 Å². The molecule has 1 aromatic rings. The standard InChI is InChI=1S/C16H21F3N2O/c1-3-21(12-13(2)9-10-16(17,18)19)15(22)20-11-14-7-5-4-6-8-14/h4-9H,3,10-12H2,1-2H3,(H,20,22)/b13-9+. The molecule has 1 aromatic carbocycles. The molecule has 0 saturated carbocycles. The molecule has 2 amide bonds. The maximum atomic E-state index is 12.2. The Morgan fingerprint density at radius 1 is 1.27 bits per heavy atom. The SMILES string of the molecule is CCN(C/C(C)=C/CC(F)(F)F)C(=O)NCc1ccccc1. The summed E-state index contributed by atoms with van der Waals surface area (Å²) in [6.07, 6.45) is -4.07. The highest BCUT2D eigenvalue weighted by molar-refractivity contribution is 5.74. The van der Waals surface area contributed by atoms with Crippen LogP contribution in [0, 0.1) is 0 Å². The molecule has 0 aliphatic heterocycles. The van der Waals surface area contributed by atoms with Crippen LogP contribution in [0.3, 0.4) is 0 Å². The number of nitrogens with zero attached hydrogens (tertiary/aromatic N) is 1. The molecule has 0 atom stereocenters. The molecule has 1 rings (SSSR count). The molecular formula is C16H21F3N2O. The summed E-state index contributed by atoms with van der Waals surface area (Å²) in [5, 5.41) is 2.77. The number of hydrogen-bond donors (Lipinski definition) is 1. The van der Waals surface area contributed by atoms with Gasteiger partial charge in [0.15, 0.2) is 0 Å². The number of carbonyl (C=O) groups is 1. The van der Waals surface area contributed by atoms with Gasteiger partial charge in [0.1, 0.15) is 0 Å². The molecule has 0 saturated heterocycles. The Kier molecular flexibility index (Phi) is 6.95. The van der Waals surface area contributed by atoms with Gasteiger partial charge in [0.05, 0.1) is 6.42 Å². The van der Waals surface area contributed by atoms with Gasteiger partial charge in [-0.2, -0.15) is 13.2 Å². The quantitative estimate of drug-likeness (QED) is 0.787. The van der Waals surface area contributed by atoms with E-state index < -0.39 is 12.6 Å². The zero-order valence-corrected chi connectivity index (χ0v) is 12.8. The van der Waals surface area contributed by atoms with Crippen LogP contribution in [0.2, 0.25) is 0 Å². The molecule has 0 aliphatic carbocycles. The third-order valence-corrected chi connectivity index (χ3v) is 3.08. The number of allylic oxidation sites excluding steroid dienone is 1. The molecule has 0 aliphatic rings. The fourth-order valence-electron chi connectivity index (χ4n) is 1.87. The Labute approximate surface area is 128 Å². The average Bonchev–Trinajstić information content (AvgIpc) is 2.48. The summed E-state index contributed by atoms with van der Waals surface area (Å²) < 4.78 is 36.5. The fourth-order valence-corrected chi connectivity index (χ4v) is 1.87. The molecular weight excluding hydrogens is 293 g/mol.